The maximum Gasteiger partial charge on any atom is 0.270 e. The van der Waals surface area contributed by atoms with Gasteiger partial charge in [0.2, 0.25) is 0 Å². The van der Waals surface area contributed by atoms with Gasteiger partial charge >= 0.3 is 0 Å². The van der Waals surface area contributed by atoms with Crippen molar-refractivity contribution in [2.24, 2.45) is 11.8 Å². The molecule has 2 atom stereocenters. The van der Waals surface area contributed by atoms with Crippen molar-refractivity contribution in [1.82, 2.24) is 30.4 Å². The summed E-state index contributed by atoms with van der Waals surface area (Å²) >= 11 is 3.20. The van der Waals surface area contributed by atoms with Crippen LogP contribution in [0.5, 0.6) is 0 Å². The van der Waals surface area contributed by atoms with Gasteiger partial charge in [0.25, 0.3) is 11.8 Å². The molecule has 0 radical (unpaired) electrons. The molecule has 0 saturated carbocycles. The fourth-order valence-electron chi connectivity index (χ4n) is 6.73. The molecule has 0 spiro atoms. The Morgan fingerprint density at radius 2 is 1.48 bits per heavy atom. The van der Waals surface area contributed by atoms with E-state index in [9.17, 15) is 9.59 Å². The van der Waals surface area contributed by atoms with E-state index in [4.69, 9.17) is 0 Å². The Morgan fingerprint density at radius 3 is 2.10 bits per heavy atom. The number of hydrogen-bond donors (Lipinski definition) is 2. The van der Waals surface area contributed by atoms with Gasteiger partial charge in [-0.1, -0.05) is 0 Å². The number of pyridine rings is 2. The van der Waals surface area contributed by atoms with E-state index in [1.54, 1.807) is 35.1 Å². The highest BCUT2D eigenvalue weighted by Gasteiger charge is 2.36. The van der Waals surface area contributed by atoms with Crippen molar-refractivity contribution in [1.29, 1.82) is 0 Å². The summed E-state index contributed by atoms with van der Waals surface area (Å²) in [5.41, 5.74) is 0.535. The number of amides is 2. The van der Waals surface area contributed by atoms with Crippen molar-refractivity contribution < 1.29 is 9.59 Å². The summed E-state index contributed by atoms with van der Waals surface area (Å²) in [5.74, 6) is 1.36. The van der Waals surface area contributed by atoms with E-state index in [1.165, 1.54) is 51.9 Å². The predicted octanol–water partition coefficient (Wildman–Crippen LogP) is 4.24. The molecule has 0 aromatic carbocycles. The molecule has 8 nitrogen and oxygen atoms in total. The van der Waals surface area contributed by atoms with Gasteiger partial charge in [-0.25, -0.2) is 4.98 Å². The Kier molecular flexibility index (Phi) is 7.26. The van der Waals surface area contributed by atoms with Crippen molar-refractivity contribution in [3.05, 3.63) is 58.8 Å². The number of carbonyl (C=O) groups excluding carboxylic acids is 2. The number of thiophene rings is 2. The minimum Gasteiger partial charge on any atom is -0.347 e. The second-order valence-electron chi connectivity index (χ2n) is 11.5. The first kappa shape index (κ1) is 26.0. The van der Waals surface area contributed by atoms with E-state index < -0.39 is 0 Å². The van der Waals surface area contributed by atoms with E-state index >= 15 is 0 Å². The summed E-state index contributed by atoms with van der Waals surface area (Å²) in [5, 5.41) is 10.6. The van der Waals surface area contributed by atoms with E-state index in [0.717, 1.165) is 38.1 Å². The first-order valence-electron chi connectivity index (χ1n) is 14.3. The van der Waals surface area contributed by atoms with Crippen LogP contribution in [0.1, 0.15) is 45.8 Å². The van der Waals surface area contributed by atoms with Crippen LogP contribution in [0.2, 0.25) is 0 Å². The average Bonchev–Trinajstić information content (AvgIpc) is 3.66. The van der Waals surface area contributed by atoms with Crippen LogP contribution in [-0.2, 0) is 0 Å². The Morgan fingerprint density at radius 1 is 0.800 bits per heavy atom. The minimum atomic E-state index is -0.0307. The zero-order valence-electron chi connectivity index (χ0n) is 22.4. The SMILES string of the molecule is O=C(N[C@@H]1CN2CCC1CC2)c1cc2ccsc2cn1.O=C(N[C@@H]1CN2CCC1CC2)c1cc2cnccc2s1. The van der Waals surface area contributed by atoms with Crippen molar-refractivity contribution in [3.63, 3.8) is 0 Å². The maximum absolute atomic E-state index is 12.4. The summed E-state index contributed by atoms with van der Waals surface area (Å²) in [7, 11) is 0. The summed E-state index contributed by atoms with van der Waals surface area (Å²) in [4.78, 5) is 38.9. The number of rotatable bonds is 4. The lowest BCUT2D eigenvalue weighted by Gasteiger charge is -2.44. The molecule has 10 heterocycles. The van der Waals surface area contributed by atoms with Gasteiger partial charge in [0.15, 0.2) is 0 Å². The van der Waals surface area contributed by atoms with Crippen LogP contribution in [0.25, 0.3) is 20.2 Å². The molecule has 6 fully saturated rings. The zero-order valence-corrected chi connectivity index (χ0v) is 24.1. The lowest BCUT2D eigenvalue weighted by atomic mass is 9.84. The Hall–Kier alpha value is -2.92. The molecule has 6 saturated heterocycles. The van der Waals surface area contributed by atoms with Gasteiger partial charge in [0.1, 0.15) is 5.69 Å². The molecule has 6 aliphatic rings. The molecule has 0 unspecified atom stereocenters. The second kappa shape index (κ2) is 11.2. The Balaban J connectivity index is 0.000000132. The molecule has 40 heavy (non-hydrogen) atoms. The Labute approximate surface area is 241 Å². The maximum atomic E-state index is 12.4. The van der Waals surface area contributed by atoms with Crippen molar-refractivity contribution in [2.75, 3.05) is 39.3 Å². The van der Waals surface area contributed by atoms with Crippen LogP contribution in [0.4, 0.5) is 0 Å². The molecule has 6 aliphatic heterocycles. The highest BCUT2D eigenvalue weighted by Crippen LogP contribution is 2.30. The van der Waals surface area contributed by atoms with E-state index in [-0.39, 0.29) is 11.8 Å². The zero-order chi connectivity index (χ0) is 27.1. The van der Waals surface area contributed by atoms with Gasteiger partial charge in [0, 0.05) is 53.8 Å². The van der Waals surface area contributed by atoms with Gasteiger partial charge in [-0.15, -0.1) is 22.7 Å². The molecule has 4 bridgehead atoms. The van der Waals surface area contributed by atoms with Crippen LogP contribution in [0.3, 0.4) is 0 Å². The molecular weight excluding hydrogens is 541 g/mol. The number of carbonyl (C=O) groups is 2. The lowest BCUT2D eigenvalue weighted by Crippen LogP contribution is -2.57. The van der Waals surface area contributed by atoms with Crippen molar-refractivity contribution >= 4 is 54.7 Å². The fraction of sp³-hybridized carbons (Fsp3) is 0.467. The molecule has 2 amide bonds. The van der Waals surface area contributed by atoms with Crippen LogP contribution in [-0.4, -0.2) is 82.9 Å². The minimum absolute atomic E-state index is 0.0307. The first-order chi connectivity index (χ1) is 19.6. The van der Waals surface area contributed by atoms with Gasteiger partial charge in [0.05, 0.1) is 9.58 Å². The molecule has 10 heteroatoms. The van der Waals surface area contributed by atoms with Gasteiger partial charge in [-0.3, -0.25) is 14.6 Å². The third-order valence-corrected chi connectivity index (χ3v) is 11.0. The highest BCUT2D eigenvalue weighted by atomic mass is 32.1. The summed E-state index contributed by atoms with van der Waals surface area (Å²) in [6.45, 7) is 6.80. The van der Waals surface area contributed by atoms with Crippen molar-refractivity contribution in [2.45, 2.75) is 37.8 Å². The van der Waals surface area contributed by atoms with Crippen LogP contribution in [0.15, 0.2) is 48.2 Å². The predicted molar refractivity (Wildman–Crippen MR) is 160 cm³/mol. The van der Waals surface area contributed by atoms with E-state index in [0.29, 0.717) is 29.6 Å². The average molecular weight is 575 g/mol. The monoisotopic (exact) mass is 574 g/mol. The van der Waals surface area contributed by atoms with Gasteiger partial charge in [-0.05, 0) is 98.7 Å². The third-order valence-electron chi connectivity index (χ3n) is 9.06. The third kappa shape index (κ3) is 5.37. The summed E-state index contributed by atoms with van der Waals surface area (Å²) in [6.07, 6.45) is 10.3. The normalized spacial score (nSPS) is 28.7. The van der Waals surface area contributed by atoms with E-state index in [1.807, 2.05) is 35.8 Å². The largest absolute Gasteiger partial charge is 0.347 e. The molecule has 4 aromatic rings. The van der Waals surface area contributed by atoms with E-state index in [2.05, 4.69) is 30.4 Å². The number of hydrogen-bond acceptors (Lipinski definition) is 8. The number of nitrogens with zero attached hydrogens (tertiary/aromatic N) is 4. The van der Waals surface area contributed by atoms with Gasteiger partial charge in [-0.2, -0.15) is 0 Å². The summed E-state index contributed by atoms with van der Waals surface area (Å²) < 4.78 is 2.25. The molecule has 208 valence electrons. The van der Waals surface area contributed by atoms with Crippen LogP contribution in [0, 0.1) is 11.8 Å². The smallest absolute Gasteiger partial charge is 0.270 e. The van der Waals surface area contributed by atoms with Crippen molar-refractivity contribution in [3.8, 4) is 0 Å². The quantitative estimate of drug-likeness (QED) is 0.379. The molecule has 4 aromatic heterocycles. The Bertz CT molecular complexity index is 1440. The van der Waals surface area contributed by atoms with Crippen LogP contribution < -0.4 is 10.6 Å². The molecule has 0 aliphatic carbocycles. The number of piperidine rings is 6. The molecule has 2 N–H and O–H groups in total. The number of nitrogens with one attached hydrogen (secondary N) is 2. The fourth-order valence-corrected chi connectivity index (χ4v) is 8.40. The number of aromatic nitrogens is 2. The first-order valence-corrected chi connectivity index (χ1v) is 16.0. The summed E-state index contributed by atoms with van der Waals surface area (Å²) in [6, 6.07) is 8.46. The molecular formula is C30H34N6O2S2. The van der Waals surface area contributed by atoms with Gasteiger partial charge < -0.3 is 20.4 Å². The standard InChI is InChI=1S/2C15H17N3OS/c19-15(14-7-11-8-16-4-1-13(11)20-14)17-12-9-18-5-2-10(12)3-6-18;19-15(12-7-11-3-6-20-14(11)8-16-12)17-13-9-18-4-1-10(13)2-5-18/h1,4,7-8,10,12H,2-3,5-6,9H2,(H,17,19);3,6-8,10,13H,1-2,4-5,9H2,(H,17,19)/t12-;13-/m11/s1. The highest BCUT2D eigenvalue weighted by molar-refractivity contribution is 7.20. The van der Waals surface area contributed by atoms with Crippen LogP contribution >= 0.6 is 22.7 Å². The number of fused-ring (bicyclic) bond motifs is 8. The molecule has 10 rings (SSSR count). The second-order valence-corrected chi connectivity index (χ2v) is 13.5. The topological polar surface area (TPSA) is 90.5 Å². The lowest BCUT2D eigenvalue weighted by molar-refractivity contribution is 0.0616.